The van der Waals surface area contributed by atoms with Crippen molar-refractivity contribution in [1.29, 1.82) is 0 Å². The summed E-state index contributed by atoms with van der Waals surface area (Å²) in [6.07, 6.45) is 9.82. The van der Waals surface area contributed by atoms with E-state index in [1.54, 1.807) is 0 Å². The minimum Gasteiger partial charge on any atom is -0.508 e. The average molecular weight is 408 g/mol. The van der Waals surface area contributed by atoms with Crippen LogP contribution in [0.5, 0.6) is 5.75 Å². The van der Waals surface area contributed by atoms with Gasteiger partial charge < -0.3 is 15.4 Å². The highest BCUT2D eigenvalue weighted by Gasteiger charge is 2.42. The van der Waals surface area contributed by atoms with E-state index < -0.39 is 0 Å². The van der Waals surface area contributed by atoms with Crippen molar-refractivity contribution in [2.24, 2.45) is 5.92 Å². The number of aromatic amines is 1. The highest BCUT2D eigenvalue weighted by atomic mass is 16.3. The first-order valence-corrected chi connectivity index (χ1v) is 11.5. The van der Waals surface area contributed by atoms with E-state index in [-0.39, 0.29) is 6.04 Å². The van der Waals surface area contributed by atoms with Crippen LogP contribution in [-0.2, 0) is 6.42 Å². The highest BCUT2D eigenvalue weighted by Crippen LogP contribution is 2.44. The number of aromatic hydroxyl groups is 1. The summed E-state index contributed by atoms with van der Waals surface area (Å²) < 4.78 is 0. The lowest BCUT2D eigenvalue weighted by Gasteiger charge is -2.33. The van der Waals surface area contributed by atoms with Crippen LogP contribution in [0.15, 0.2) is 30.5 Å². The molecule has 1 aromatic carbocycles. The number of phenols is 1. The fraction of sp³-hybridized carbons (Fsp3) is 0.542. The second kappa shape index (κ2) is 8.17. The maximum Gasteiger partial charge on any atom is 0.125 e. The first-order chi connectivity index (χ1) is 14.6. The fourth-order valence-corrected chi connectivity index (χ4v) is 5.71. The molecule has 3 heterocycles. The number of hydrogen-bond donors (Lipinski definition) is 5. The van der Waals surface area contributed by atoms with Crippen molar-refractivity contribution in [3.8, 4) is 5.75 Å². The van der Waals surface area contributed by atoms with Crippen molar-refractivity contribution in [2.45, 2.75) is 70.0 Å². The molecule has 6 nitrogen and oxygen atoms in total. The molecule has 1 saturated carbocycles. The number of H-pyrrole nitrogens is 1. The van der Waals surface area contributed by atoms with Gasteiger partial charge in [0.15, 0.2) is 0 Å². The molecule has 30 heavy (non-hydrogen) atoms. The van der Waals surface area contributed by atoms with E-state index >= 15 is 0 Å². The summed E-state index contributed by atoms with van der Waals surface area (Å²) in [5, 5.41) is 13.4. The van der Waals surface area contributed by atoms with Gasteiger partial charge >= 0.3 is 0 Å². The van der Waals surface area contributed by atoms with Gasteiger partial charge in [-0.2, -0.15) is 0 Å². The lowest BCUT2D eigenvalue weighted by molar-refractivity contribution is 0.276. The molecule has 3 aliphatic rings. The standard InChI is InChI=1S/C24H33N5O/c1-3-15-11-17(30)7-9-19(15)16-6-8-20-21(12-16)28-29-23(20)24-26-13-22(27-24)18-5-4-10-25-14(18)2/h5,7,9,11,13-14,16,20-21,23,25,28-30H,3-4,6,8,10,12H2,1-2H3,(H,26,27). The van der Waals surface area contributed by atoms with Crippen LogP contribution in [0.3, 0.4) is 0 Å². The maximum atomic E-state index is 9.85. The lowest BCUT2D eigenvalue weighted by Crippen LogP contribution is -2.35. The summed E-state index contributed by atoms with van der Waals surface area (Å²) in [6.45, 7) is 5.43. The number of imidazole rings is 1. The van der Waals surface area contributed by atoms with Gasteiger partial charge in [0, 0.05) is 12.1 Å². The number of phenolic OH excluding ortho intramolecular Hbond substituents is 1. The monoisotopic (exact) mass is 407 g/mol. The molecule has 1 aromatic heterocycles. The number of hydrazine groups is 1. The molecule has 0 bridgehead atoms. The summed E-state index contributed by atoms with van der Waals surface area (Å²) in [5.41, 5.74) is 12.2. The third-order valence-electron chi connectivity index (χ3n) is 7.33. The molecule has 2 aliphatic heterocycles. The van der Waals surface area contributed by atoms with E-state index in [0.717, 1.165) is 37.3 Å². The number of benzene rings is 1. The zero-order valence-electron chi connectivity index (χ0n) is 17.9. The predicted octanol–water partition coefficient (Wildman–Crippen LogP) is 3.54. The van der Waals surface area contributed by atoms with Gasteiger partial charge in [-0.15, -0.1) is 0 Å². The van der Waals surface area contributed by atoms with Gasteiger partial charge in [-0.25, -0.2) is 10.4 Å². The number of nitrogens with zero attached hydrogens (tertiary/aromatic N) is 1. The Hall–Kier alpha value is -2.15. The van der Waals surface area contributed by atoms with Crippen molar-refractivity contribution in [3.05, 3.63) is 53.1 Å². The van der Waals surface area contributed by atoms with Gasteiger partial charge in [0.2, 0.25) is 0 Å². The second-order valence-electron chi connectivity index (χ2n) is 9.09. The molecule has 5 N–H and O–H groups in total. The molecule has 5 rings (SSSR count). The molecule has 1 aliphatic carbocycles. The Kier molecular flexibility index (Phi) is 5.39. The Morgan fingerprint density at radius 2 is 2.10 bits per heavy atom. The quantitative estimate of drug-likeness (QED) is 0.535. The minimum absolute atomic E-state index is 0.225. The van der Waals surface area contributed by atoms with Crippen LogP contribution in [0.1, 0.15) is 74.1 Å². The summed E-state index contributed by atoms with van der Waals surface area (Å²) in [7, 11) is 0. The SMILES string of the molecule is CCc1cc(O)ccc1C1CCC2C(C1)NNC2c1ncc(C2=CCCNC2C)[nH]1. The largest absolute Gasteiger partial charge is 0.508 e. The highest BCUT2D eigenvalue weighted by molar-refractivity contribution is 5.67. The van der Waals surface area contributed by atoms with Crippen molar-refractivity contribution in [2.75, 3.05) is 6.54 Å². The van der Waals surface area contributed by atoms with Crippen molar-refractivity contribution in [3.63, 3.8) is 0 Å². The molecule has 160 valence electrons. The first kappa shape index (κ1) is 19.8. The molecule has 2 aromatic rings. The van der Waals surface area contributed by atoms with Crippen LogP contribution in [0.25, 0.3) is 5.57 Å². The van der Waals surface area contributed by atoms with Crippen LogP contribution in [0.4, 0.5) is 0 Å². The number of aromatic nitrogens is 2. The van der Waals surface area contributed by atoms with Gasteiger partial charge in [0.05, 0.1) is 17.9 Å². The van der Waals surface area contributed by atoms with E-state index in [1.165, 1.54) is 29.5 Å². The molecule has 1 saturated heterocycles. The van der Waals surface area contributed by atoms with Crippen LogP contribution in [-0.4, -0.2) is 33.7 Å². The molecule has 5 unspecified atom stereocenters. The van der Waals surface area contributed by atoms with Crippen molar-refractivity contribution < 1.29 is 5.11 Å². The lowest BCUT2D eigenvalue weighted by atomic mass is 9.73. The first-order valence-electron chi connectivity index (χ1n) is 11.5. The van der Waals surface area contributed by atoms with Crippen LogP contribution in [0.2, 0.25) is 0 Å². The number of hydrogen-bond acceptors (Lipinski definition) is 5. The average Bonchev–Trinajstić information content (AvgIpc) is 3.40. The van der Waals surface area contributed by atoms with Gasteiger partial charge in [0.25, 0.3) is 0 Å². The molecule has 6 heteroatoms. The Bertz CT molecular complexity index is 935. The number of aryl methyl sites for hydroxylation is 1. The zero-order valence-corrected chi connectivity index (χ0v) is 17.9. The summed E-state index contributed by atoms with van der Waals surface area (Å²) >= 11 is 0. The molecule has 5 atom stereocenters. The van der Waals surface area contributed by atoms with Gasteiger partial charge in [0.1, 0.15) is 11.6 Å². The molecule has 0 radical (unpaired) electrons. The van der Waals surface area contributed by atoms with E-state index in [2.05, 4.69) is 47.1 Å². The minimum atomic E-state index is 0.225. The van der Waals surface area contributed by atoms with Crippen LogP contribution < -0.4 is 16.2 Å². The summed E-state index contributed by atoms with van der Waals surface area (Å²) in [4.78, 5) is 8.36. The molecular formula is C24H33N5O. The summed E-state index contributed by atoms with van der Waals surface area (Å²) in [6, 6.07) is 6.93. The Morgan fingerprint density at radius 3 is 2.93 bits per heavy atom. The fourth-order valence-electron chi connectivity index (χ4n) is 5.71. The predicted molar refractivity (Wildman–Crippen MR) is 119 cm³/mol. The second-order valence-corrected chi connectivity index (χ2v) is 9.09. The zero-order chi connectivity index (χ0) is 20.7. The van der Waals surface area contributed by atoms with Crippen LogP contribution >= 0.6 is 0 Å². The van der Waals surface area contributed by atoms with Gasteiger partial charge in [-0.05, 0) is 86.2 Å². The van der Waals surface area contributed by atoms with E-state index in [9.17, 15) is 5.11 Å². The van der Waals surface area contributed by atoms with Crippen LogP contribution in [0, 0.1) is 5.92 Å². The number of nitrogens with one attached hydrogen (secondary N) is 4. The van der Waals surface area contributed by atoms with Crippen molar-refractivity contribution >= 4 is 5.57 Å². The molecule has 0 amide bonds. The molecule has 0 spiro atoms. The van der Waals surface area contributed by atoms with Gasteiger partial charge in [-0.1, -0.05) is 19.1 Å². The van der Waals surface area contributed by atoms with E-state index in [0.29, 0.717) is 29.7 Å². The third-order valence-corrected chi connectivity index (χ3v) is 7.33. The van der Waals surface area contributed by atoms with Crippen molar-refractivity contribution in [1.82, 2.24) is 26.1 Å². The smallest absolute Gasteiger partial charge is 0.125 e. The Balaban J connectivity index is 1.31. The molecule has 2 fully saturated rings. The van der Waals surface area contributed by atoms with Gasteiger partial charge in [-0.3, -0.25) is 5.43 Å². The summed E-state index contributed by atoms with van der Waals surface area (Å²) in [5.74, 6) is 2.50. The normalized spacial score (nSPS) is 31.4. The maximum absolute atomic E-state index is 9.85. The Morgan fingerprint density at radius 1 is 1.20 bits per heavy atom. The number of fused-ring (bicyclic) bond motifs is 1. The third kappa shape index (κ3) is 3.57. The topological polar surface area (TPSA) is 85.0 Å². The Labute approximate surface area is 178 Å². The number of rotatable bonds is 4. The van der Waals surface area contributed by atoms with E-state index in [4.69, 9.17) is 4.98 Å². The van der Waals surface area contributed by atoms with E-state index in [1.807, 2.05) is 18.3 Å². The molecular weight excluding hydrogens is 374 g/mol.